The molecule has 5 rings (SSSR count). The van der Waals surface area contributed by atoms with Gasteiger partial charge in [-0.25, -0.2) is 14.0 Å². The molecule has 48 heavy (non-hydrogen) atoms. The van der Waals surface area contributed by atoms with Gasteiger partial charge in [-0.3, -0.25) is 28.0 Å². The number of hydrogen-bond acceptors (Lipinski definition) is 21. The Morgan fingerprint density at radius 2 is 1.71 bits per heavy atom. The third-order valence-corrected chi connectivity index (χ3v) is 9.44. The number of aliphatic hydroxyl groups excluding tert-OH is 6. The predicted molar refractivity (Wildman–Crippen MR) is 139 cm³/mol. The third kappa shape index (κ3) is 9.17. The van der Waals surface area contributed by atoms with Gasteiger partial charge < -0.3 is 60.2 Å². The van der Waals surface area contributed by atoms with E-state index >= 15 is 0 Å². The minimum Gasteiger partial charge on any atom is -0.756 e. The molecule has 2 aliphatic heterocycles. The van der Waals surface area contributed by atoms with Crippen LogP contribution in [0, 0.1) is 0 Å². The van der Waals surface area contributed by atoms with Gasteiger partial charge in [0, 0.05) is 0 Å². The second kappa shape index (κ2) is 16.3. The zero-order valence-corrected chi connectivity index (χ0v) is 31.1. The Kier molecular flexibility index (Phi) is 14.1. The van der Waals surface area contributed by atoms with Gasteiger partial charge in [0.25, 0.3) is 21.2 Å². The molecule has 0 aliphatic carbocycles. The van der Waals surface area contributed by atoms with E-state index in [-0.39, 0.29) is 88.5 Å². The standard InChI is InChI=1S/C20H30N8O16P2.2Na/c1-6(29)7-2-27(26-25-7)3-8-11(30)13(32)15(34)19(42-8)43-46(38,39)44-45(36,37)40-4-9-12(31)14(33)18(41-9)28-5-22-10-16(28)23-20(21)24-17(10)35;;/h2,5-6,8-9,11-15,18-19,29-34H,3-4H2,1H3,(H,36,37)(H,38,39)(H3,21,23,24,35);;/q;2*+1/p-2/t6?,8-,9+,11+,12+,13+,14+,15-,18+,19+;;/m0../s1. The second-order valence-electron chi connectivity index (χ2n) is 10.3. The molecule has 5 heterocycles. The number of nitrogens with zero attached hydrogens (tertiary/aromatic N) is 6. The topological polar surface area (TPSA) is 368 Å². The average molecular weight is 744 g/mol. The first-order chi connectivity index (χ1) is 21.5. The van der Waals surface area contributed by atoms with Crippen molar-refractivity contribution in [1.29, 1.82) is 0 Å². The Labute approximate surface area is 312 Å². The number of nitrogens with one attached hydrogen (secondary N) is 1. The van der Waals surface area contributed by atoms with E-state index in [1.165, 1.54) is 13.1 Å². The van der Waals surface area contributed by atoms with E-state index in [1.54, 1.807) is 0 Å². The summed E-state index contributed by atoms with van der Waals surface area (Å²) in [5.74, 6) is -0.297. The van der Waals surface area contributed by atoms with Gasteiger partial charge in [0.1, 0.15) is 48.4 Å². The smallest absolute Gasteiger partial charge is 0.756 e. The summed E-state index contributed by atoms with van der Waals surface area (Å²) in [7, 11) is -11.8. The molecule has 3 unspecified atom stereocenters. The number of aromatic nitrogens is 7. The van der Waals surface area contributed by atoms with Crippen molar-refractivity contribution in [2.24, 2.45) is 0 Å². The monoisotopic (exact) mass is 744 g/mol. The van der Waals surface area contributed by atoms with E-state index in [0.29, 0.717) is 0 Å². The molecule has 24 nitrogen and oxygen atoms in total. The number of rotatable bonds is 11. The number of fused-ring (bicyclic) bond motifs is 1. The number of hydrogen-bond donors (Lipinski definition) is 8. The van der Waals surface area contributed by atoms with Crippen LogP contribution in [0.5, 0.6) is 0 Å². The van der Waals surface area contributed by atoms with Crippen molar-refractivity contribution in [2.45, 2.75) is 74.8 Å². The maximum atomic E-state index is 12.5. The number of phosphoric acid groups is 2. The van der Waals surface area contributed by atoms with Crippen molar-refractivity contribution in [3.63, 3.8) is 0 Å². The van der Waals surface area contributed by atoms with E-state index in [2.05, 4.69) is 38.6 Å². The normalized spacial score (nSPS) is 32.1. The van der Waals surface area contributed by atoms with Crippen molar-refractivity contribution < 1.29 is 132 Å². The van der Waals surface area contributed by atoms with Crippen LogP contribution in [0.15, 0.2) is 17.3 Å². The average Bonchev–Trinajstić information content (AvgIpc) is 3.67. The number of nitrogen functional groups attached to an aromatic ring is 1. The minimum atomic E-state index is -5.98. The van der Waals surface area contributed by atoms with Crippen LogP contribution >= 0.6 is 15.6 Å². The van der Waals surface area contributed by atoms with Gasteiger partial charge in [0.15, 0.2) is 23.7 Å². The van der Waals surface area contributed by atoms with Crippen LogP contribution in [-0.2, 0) is 38.5 Å². The van der Waals surface area contributed by atoms with Gasteiger partial charge in [-0.1, -0.05) is 5.21 Å². The number of H-pyrrole nitrogens is 1. The fourth-order valence-corrected chi connectivity index (χ4v) is 6.70. The van der Waals surface area contributed by atoms with Crippen LogP contribution in [0.3, 0.4) is 0 Å². The van der Waals surface area contributed by atoms with Crippen LogP contribution in [-0.4, -0.2) is 121 Å². The summed E-state index contributed by atoms with van der Waals surface area (Å²) in [6.07, 6.45) is -15.2. The second-order valence-corrected chi connectivity index (χ2v) is 13.2. The molecular weight excluding hydrogens is 716 g/mol. The first-order valence-electron chi connectivity index (χ1n) is 13.1. The van der Waals surface area contributed by atoms with E-state index in [9.17, 15) is 54.4 Å². The van der Waals surface area contributed by atoms with E-state index in [4.69, 9.17) is 15.2 Å². The maximum absolute atomic E-state index is 12.5. The summed E-state index contributed by atoms with van der Waals surface area (Å²) in [4.78, 5) is 46.8. The fourth-order valence-electron chi connectivity index (χ4n) is 4.62. The van der Waals surface area contributed by atoms with E-state index in [1.807, 2.05) is 0 Å². The molecule has 9 N–H and O–H groups in total. The molecule has 3 aromatic heterocycles. The number of nitrogens with two attached hydrogens (primary N) is 1. The molecule has 0 aromatic carbocycles. The molecule has 0 amide bonds. The third-order valence-electron chi connectivity index (χ3n) is 6.91. The van der Waals surface area contributed by atoms with Crippen LogP contribution in [0.25, 0.3) is 11.2 Å². The molecule has 2 aliphatic rings. The molecule has 2 saturated heterocycles. The molecule has 0 radical (unpaired) electrons. The number of anilines is 1. The fraction of sp³-hybridized carbons (Fsp3) is 0.650. The van der Waals surface area contributed by atoms with Gasteiger partial charge in [-0.2, -0.15) is 4.98 Å². The molecule has 0 saturated carbocycles. The number of imidazole rings is 1. The molecule has 2 fully saturated rings. The van der Waals surface area contributed by atoms with Gasteiger partial charge >= 0.3 is 59.1 Å². The minimum absolute atomic E-state index is 0. The number of aliphatic hydroxyl groups is 6. The Bertz CT molecular complexity index is 1710. The molecule has 0 bridgehead atoms. The van der Waals surface area contributed by atoms with Gasteiger partial charge in [0.2, 0.25) is 5.95 Å². The summed E-state index contributed by atoms with van der Waals surface area (Å²) in [6.45, 7) is -0.0807. The van der Waals surface area contributed by atoms with Crippen molar-refractivity contribution in [3.05, 3.63) is 28.6 Å². The Morgan fingerprint density at radius 1 is 1.04 bits per heavy atom. The maximum Gasteiger partial charge on any atom is 1.00 e. The Hall–Kier alpha value is -0.770. The Balaban J connectivity index is 0.00000312. The Morgan fingerprint density at radius 3 is 2.35 bits per heavy atom. The largest absolute Gasteiger partial charge is 1.00 e. The zero-order valence-electron chi connectivity index (χ0n) is 25.3. The van der Waals surface area contributed by atoms with Crippen LogP contribution in [0.1, 0.15) is 24.9 Å². The van der Waals surface area contributed by atoms with Crippen LogP contribution in [0.4, 0.5) is 5.95 Å². The van der Waals surface area contributed by atoms with Crippen molar-refractivity contribution in [3.8, 4) is 0 Å². The molecule has 0 spiro atoms. The first-order valence-corrected chi connectivity index (χ1v) is 16.1. The molecular formula is C20H28N8Na2O16P2. The molecule has 256 valence electrons. The number of aromatic amines is 1. The van der Waals surface area contributed by atoms with Crippen molar-refractivity contribution in [1.82, 2.24) is 34.5 Å². The zero-order chi connectivity index (χ0) is 33.7. The van der Waals surface area contributed by atoms with Gasteiger partial charge in [0.05, 0.1) is 31.8 Å². The van der Waals surface area contributed by atoms with Gasteiger partial charge in [-0.05, 0) is 6.92 Å². The molecule has 12 atom stereocenters. The quantitative estimate of drug-likeness (QED) is 0.0667. The summed E-state index contributed by atoms with van der Waals surface area (Å²) < 4.78 is 50.7. The summed E-state index contributed by atoms with van der Waals surface area (Å²) in [5, 5.41) is 68.5. The molecule has 28 heteroatoms. The first kappa shape index (κ1) is 41.6. The van der Waals surface area contributed by atoms with Gasteiger partial charge in [-0.15, -0.1) is 5.10 Å². The number of ether oxygens (including phenoxy) is 2. The predicted octanol–water partition coefficient (Wildman–Crippen LogP) is -11.5. The number of phosphoric ester groups is 2. The SMILES string of the molecule is CC(O)c1cn(C[C@@H]2O[C@H](OP(=O)([O-])OP(=O)([O-])OC[C@H]3O[C@@H](n4cnc5c(=O)[nH]c(N)nc54)[C@H](O)[C@@H]3O)[C@@H](O)[C@H](O)[C@@H]2O)nn1.[Na+].[Na+]. The summed E-state index contributed by atoms with van der Waals surface area (Å²) in [6, 6.07) is 0. The van der Waals surface area contributed by atoms with Crippen LogP contribution < -0.4 is 80.2 Å². The van der Waals surface area contributed by atoms with Crippen LogP contribution in [0.2, 0.25) is 0 Å². The van der Waals surface area contributed by atoms with Crippen molar-refractivity contribution in [2.75, 3.05) is 12.3 Å². The molecule has 3 aromatic rings. The van der Waals surface area contributed by atoms with E-state index < -0.39 is 89.2 Å². The van der Waals surface area contributed by atoms with Crippen molar-refractivity contribution >= 4 is 32.8 Å². The summed E-state index contributed by atoms with van der Waals surface area (Å²) >= 11 is 0. The summed E-state index contributed by atoms with van der Waals surface area (Å²) in [5.41, 5.74) is 4.63. The van der Waals surface area contributed by atoms with E-state index in [0.717, 1.165) is 15.6 Å².